The van der Waals surface area contributed by atoms with E-state index in [4.69, 9.17) is 32.2 Å². The third-order valence-corrected chi connectivity index (χ3v) is 9.45. The highest BCUT2D eigenvalue weighted by molar-refractivity contribution is 7.79. The second kappa shape index (κ2) is 8.65. The van der Waals surface area contributed by atoms with Crippen LogP contribution in [0.3, 0.4) is 0 Å². The molecule has 21 heavy (non-hydrogen) atoms. The van der Waals surface area contributed by atoms with Crippen molar-refractivity contribution in [1.82, 2.24) is 0 Å². The van der Waals surface area contributed by atoms with Crippen LogP contribution in [0.5, 0.6) is 0 Å². The summed E-state index contributed by atoms with van der Waals surface area (Å²) >= 11 is 11.4. The zero-order valence-electron chi connectivity index (χ0n) is 12.7. The number of rotatable bonds is 10. The van der Waals surface area contributed by atoms with Gasteiger partial charge in [-0.25, -0.2) is 0 Å². The van der Waals surface area contributed by atoms with Crippen LogP contribution in [0.1, 0.15) is 53.4 Å². The quantitative estimate of drug-likeness (QED) is 0.412. The molecule has 0 aromatic rings. The van der Waals surface area contributed by atoms with E-state index in [1.54, 1.807) is 13.8 Å². The zero-order valence-corrected chi connectivity index (χ0v) is 16.0. The SMILES string of the molecule is CCCC(C)OP(=O)(O)C(Cl)(Cl)P(=O)(O)OC(C)CCC. The van der Waals surface area contributed by atoms with Crippen LogP contribution in [0.15, 0.2) is 0 Å². The minimum absolute atomic E-state index is 0.483. The van der Waals surface area contributed by atoms with E-state index in [2.05, 4.69) is 0 Å². The average molecular weight is 385 g/mol. The maximum atomic E-state index is 12.2. The molecule has 0 fully saturated rings. The topological polar surface area (TPSA) is 93.1 Å². The molecule has 0 heterocycles. The number of hydrogen-bond acceptors (Lipinski definition) is 4. The summed E-state index contributed by atoms with van der Waals surface area (Å²) in [6, 6.07) is 0. The predicted octanol–water partition coefficient (Wildman–Crippen LogP) is 4.86. The summed E-state index contributed by atoms with van der Waals surface area (Å²) in [5, 5.41) is 0. The highest BCUT2D eigenvalue weighted by Gasteiger charge is 2.62. The summed E-state index contributed by atoms with van der Waals surface area (Å²) in [5.74, 6) is 0. The number of halogens is 2. The van der Waals surface area contributed by atoms with Gasteiger partial charge in [-0.3, -0.25) is 9.13 Å². The third kappa shape index (κ3) is 6.12. The minimum Gasteiger partial charge on any atom is -0.322 e. The van der Waals surface area contributed by atoms with Gasteiger partial charge in [0.05, 0.1) is 12.2 Å². The second-order valence-electron chi connectivity index (χ2n) is 4.96. The lowest BCUT2D eigenvalue weighted by atomic mass is 10.2. The molecule has 4 unspecified atom stereocenters. The summed E-state index contributed by atoms with van der Waals surface area (Å²) < 4.78 is 31.2. The molecule has 0 bridgehead atoms. The summed E-state index contributed by atoms with van der Waals surface area (Å²) in [5.41, 5.74) is 0. The Bertz CT molecular complexity index is 382. The first-order chi connectivity index (χ1) is 9.41. The molecule has 0 aliphatic carbocycles. The lowest BCUT2D eigenvalue weighted by molar-refractivity contribution is 0.165. The summed E-state index contributed by atoms with van der Waals surface area (Å²) in [7, 11) is -9.57. The van der Waals surface area contributed by atoms with Gasteiger partial charge in [0.25, 0.3) is 0 Å². The van der Waals surface area contributed by atoms with Gasteiger partial charge >= 0.3 is 19.0 Å². The standard InChI is InChI=1S/C11H24Cl2O6P2/c1-5-7-9(3)18-20(14,15)11(12,13)21(16,17)19-10(4)8-6-2/h9-10H,5-8H2,1-4H3,(H,14,15)(H,16,17). The monoisotopic (exact) mass is 384 g/mol. The Morgan fingerprint density at radius 1 is 0.952 bits per heavy atom. The van der Waals surface area contributed by atoms with Crippen molar-refractivity contribution in [3.8, 4) is 0 Å². The minimum atomic E-state index is -4.79. The lowest BCUT2D eigenvalue weighted by Gasteiger charge is -2.31. The van der Waals surface area contributed by atoms with Crippen LogP contribution in [0, 0.1) is 0 Å². The van der Waals surface area contributed by atoms with Gasteiger partial charge in [0, 0.05) is 0 Å². The molecule has 0 aliphatic rings. The molecule has 0 saturated carbocycles. The van der Waals surface area contributed by atoms with Crippen LogP contribution < -0.4 is 0 Å². The van der Waals surface area contributed by atoms with E-state index in [0.29, 0.717) is 25.7 Å². The Hall–Kier alpha value is 0.880. The lowest BCUT2D eigenvalue weighted by Crippen LogP contribution is -2.22. The summed E-state index contributed by atoms with van der Waals surface area (Å²) in [6.45, 7) is 6.84. The normalized spacial score (nSPS) is 21.3. The fourth-order valence-electron chi connectivity index (χ4n) is 1.69. The van der Waals surface area contributed by atoms with Crippen molar-refractivity contribution in [2.24, 2.45) is 0 Å². The molecule has 0 aromatic carbocycles. The maximum absolute atomic E-state index is 12.2. The summed E-state index contributed by atoms with van der Waals surface area (Å²) in [6.07, 6.45) is 1.12. The van der Waals surface area contributed by atoms with E-state index < -0.39 is 31.2 Å². The molecule has 0 spiro atoms. The third-order valence-electron chi connectivity index (χ3n) is 2.72. The van der Waals surface area contributed by atoms with Crippen molar-refractivity contribution < 1.29 is 28.0 Å². The van der Waals surface area contributed by atoms with Crippen LogP contribution in [0.4, 0.5) is 0 Å². The van der Waals surface area contributed by atoms with Gasteiger partial charge < -0.3 is 18.8 Å². The first kappa shape index (κ1) is 21.9. The molecule has 6 nitrogen and oxygen atoms in total. The Morgan fingerprint density at radius 2 is 1.24 bits per heavy atom. The van der Waals surface area contributed by atoms with Crippen molar-refractivity contribution >= 4 is 38.4 Å². The first-order valence-corrected chi connectivity index (χ1v) is 10.7. The fourth-order valence-corrected chi connectivity index (χ4v) is 5.17. The Kier molecular flexibility index (Phi) is 9.02. The van der Waals surface area contributed by atoms with Crippen LogP contribution in [0.2, 0.25) is 0 Å². The van der Waals surface area contributed by atoms with Gasteiger partial charge in [-0.15, -0.1) is 0 Å². The Morgan fingerprint density at radius 3 is 1.48 bits per heavy atom. The molecule has 0 amide bonds. The molecule has 0 radical (unpaired) electrons. The summed E-state index contributed by atoms with van der Waals surface area (Å²) in [4.78, 5) is 19.7. The van der Waals surface area contributed by atoms with Gasteiger partial charge in [-0.2, -0.15) is 0 Å². The highest BCUT2D eigenvalue weighted by Crippen LogP contribution is 2.78. The molecule has 0 saturated heterocycles. The van der Waals surface area contributed by atoms with Crippen molar-refractivity contribution in [2.75, 3.05) is 0 Å². The first-order valence-electron chi connectivity index (χ1n) is 6.81. The number of hydrogen-bond donors (Lipinski definition) is 2. The van der Waals surface area contributed by atoms with Crippen LogP contribution in [0.25, 0.3) is 0 Å². The van der Waals surface area contributed by atoms with Gasteiger partial charge in [0.2, 0.25) is 0 Å². The Labute approximate surface area is 136 Å². The van der Waals surface area contributed by atoms with Crippen molar-refractivity contribution in [3.05, 3.63) is 0 Å². The zero-order chi connectivity index (χ0) is 16.9. The maximum Gasteiger partial charge on any atom is 0.376 e. The van der Waals surface area contributed by atoms with E-state index in [1.165, 1.54) is 0 Å². The van der Waals surface area contributed by atoms with Crippen molar-refractivity contribution in [1.29, 1.82) is 0 Å². The van der Waals surface area contributed by atoms with E-state index in [-0.39, 0.29) is 0 Å². The van der Waals surface area contributed by atoms with Crippen molar-refractivity contribution in [3.63, 3.8) is 0 Å². The fraction of sp³-hybridized carbons (Fsp3) is 1.00. The van der Waals surface area contributed by atoms with Crippen molar-refractivity contribution in [2.45, 2.75) is 69.4 Å². The second-order valence-corrected chi connectivity index (χ2v) is 11.5. The highest BCUT2D eigenvalue weighted by atomic mass is 35.5. The average Bonchev–Trinajstić information content (AvgIpc) is 2.27. The molecule has 2 N–H and O–H groups in total. The molecular weight excluding hydrogens is 361 g/mol. The predicted molar refractivity (Wildman–Crippen MR) is 85.0 cm³/mol. The molecule has 4 atom stereocenters. The molecular formula is C11H24Cl2O6P2. The van der Waals surface area contributed by atoms with Gasteiger partial charge in [-0.05, 0) is 26.7 Å². The van der Waals surface area contributed by atoms with E-state index in [1.807, 2.05) is 13.8 Å². The van der Waals surface area contributed by atoms with Crippen LogP contribution in [-0.2, 0) is 18.2 Å². The van der Waals surface area contributed by atoms with E-state index in [0.717, 1.165) is 0 Å². The molecule has 0 aromatic heterocycles. The van der Waals surface area contributed by atoms with Gasteiger partial charge in [-0.1, -0.05) is 49.9 Å². The molecule has 128 valence electrons. The van der Waals surface area contributed by atoms with E-state index in [9.17, 15) is 18.9 Å². The largest absolute Gasteiger partial charge is 0.376 e. The molecule has 10 heteroatoms. The van der Waals surface area contributed by atoms with Crippen LogP contribution >= 0.6 is 38.4 Å². The van der Waals surface area contributed by atoms with Crippen LogP contribution in [-0.4, -0.2) is 25.8 Å². The number of alkyl halides is 2. The van der Waals surface area contributed by atoms with Gasteiger partial charge in [0.1, 0.15) is 0 Å². The van der Waals surface area contributed by atoms with Gasteiger partial charge in [0.15, 0.2) is 0 Å². The smallest absolute Gasteiger partial charge is 0.322 e. The molecule has 0 aliphatic heterocycles. The molecule has 0 rings (SSSR count). The van der Waals surface area contributed by atoms with E-state index >= 15 is 0 Å². The Balaban J connectivity index is 5.14.